The second kappa shape index (κ2) is 8.74. The summed E-state index contributed by atoms with van der Waals surface area (Å²) < 4.78 is 81.9. The number of amides is 2. The standard InChI is InChI=1S/C23H22F5N3O4/c1-22(23(26,27)28)16(10-3-4-10)15(12-5-6-13(24)17(25)18(12)34-2)19(35-22)21(33)31-11-7-8-30-14(9-11)20(29)32/h5-10,15-16,19H,3-4H2,1-2H3,(H2,29,32)(H,30,31,33)/t15-,16+,19-,22+/m0/s1. The molecule has 1 aromatic heterocycles. The number of primary amides is 1. The highest BCUT2D eigenvalue weighted by Gasteiger charge is 2.70. The van der Waals surface area contributed by atoms with Gasteiger partial charge in [-0.25, -0.2) is 4.39 Å². The van der Waals surface area contributed by atoms with Crippen molar-refractivity contribution in [2.75, 3.05) is 12.4 Å². The van der Waals surface area contributed by atoms with E-state index in [1.165, 1.54) is 12.3 Å². The molecule has 12 heteroatoms. The van der Waals surface area contributed by atoms with Crippen molar-refractivity contribution in [2.45, 2.75) is 43.6 Å². The second-order valence-electron chi connectivity index (χ2n) is 8.80. The number of carbonyl (C=O) groups is 2. The van der Waals surface area contributed by atoms with Crippen LogP contribution in [0.3, 0.4) is 0 Å². The molecule has 2 fully saturated rings. The molecule has 3 N–H and O–H groups in total. The van der Waals surface area contributed by atoms with Crippen LogP contribution < -0.4 is 15.8 Å². The predicted octanol–water partition coefficient (Wildman–Crippen LogP) is 3.94. The summed E-state index contributed by atoms with van der Waals surface area (Å²) in [5.41, 5.74) is 2.21. The van der Waals surface area contributed by atoms with Crippen molar-refractivity contribution < 1.29 is 41.0 Å². The van der Waals surface area contributed by atoms with Crippen LogP contribution in [0.4, 0.5) is 27.6 Å². The van der Waals surface area contributed by atoms with E-state index in [1.807, 2.05) is 0 Å². The summed E-state index contributed by atoms with van der Waals surface area (Å²) in [5, 5.41) is 2.42. The van der Waals surface area contributed by atoms with E-state index >= 15 is 0 Å². The zero-order chi connectivity index (χ0) is 25.7. The number of hydrogen-bond donors (Lipinski definition) is 2. The summed E-state index contributed by atoms with van der Waals surface area (Å²) in [6, 6.07) is 4.36. The number of halogens is 5. The van der Waals surface area contributed by atoms with Gasteiger partial charge in [-0.15, -0.1) is 0 Å². The van der Waals surface area contributed by atoms with Crippen molar-refractivity contribution in [3.8, 4) is 5.75 Å². The van der Waals surface area contributed by atoms with Gasteiger partial charge in [0, 0.05) is 29.3 Å². The number of pyridine rings is 1. The van der Waals surface area contributed by atoms with Crippen LogP contribution in [0.1, 0.15) is 41.7 Å². The third-order valence-corrected chi connectivity index (χ3v) is 6.60. The first-order chi connectivity index (χ1) is 16.4. The number of anilines is 1. The van der Waals surface area contributed by atoms with Gasteiger partial charge in [0.1, 0.15) is 11.8 Å². The molecule has 0 radical (unpaired) electrons. The van der Waals surface area contributed by atoms with Crippen molar-refractivity contribution in [1.82, 2.24) is 4.98 Å². The van der Waals surface area contributed by atoms with Gasteiger partial charge in [0.15, 0.2) is 17.2 Å². The summed E-state index contributed by atoms with van der Waals surface area (Å²) in [4.78, 5) is 28.4. The summed E-state index contributed by atoms with van der Waals surface area (Å²) in [5.74, 6) is -8.09. The predicted molar refractivity (Wildman–Crippen MR) is 113 cm³/mol. The van der Waals surface area contributed by atoms with E-state index in [0.717, 1.165) is 32.2 Å². The van der Waals surface area contributed by atoms with E-state index in [9.17, 15) is 31.5 Å². The van der Waals surface area contributed by atoms with Gasteiger partial charge in [0.25, 0.3) is 11.8 Å². The lowest BCUT2D eigenvalue weighted by Crippen LogP contribution is -2.49. The molecule has 2 aliphatic rings. The van der Waals surface area contributed by atoms with E-state index in [2.05, 4.69) is 10.3 Å². The third-order valence-electron chi connectivity index (χ3n) is 6.60. The number of nitrogens with zero attached hydrogens (tertiary/aromatic N) is 1. The minimum absolute atomic E-state index is 0.0435. The van der Waals surface area contributed by atoms with Crippen LogP contribution in [0.15, 0.2) is 30.5 Å². The van der Waals surface area contributed by atoms with Crippen molar-refractivity contribution in [1.29, 1.82) is 0 Å². The van der Waals surface area contributed by atoms with Crippen LogP contribution in [0.2, 0.25) is 0 Å². The highest BCUT2D eigenvalue weighted by molar-refractivity contribution is 5.97. The molecule has 0 bridgehead atoms. The van der Waals surface area contributed by atoms with Gasteiger partial charge >= 0.3 is 6.18 Å². The van der Waals surface area contributed by atoms with Crippen molar-refractivity contribution in [3.63, 3.8) is 0 Å². The Bertz CT molecular complexity index is 1170. The molecule has 2 heterocycles. The maximum absolute atomic E-state index is 14.6. The highest BCUT2D eigenvalue weighted by atomic mass is 19.4. The number of carbonyl (C=O) groups excluding carboxylic acids is 2. The minimum Gasteiger partial charge on any atom is -0.493 e. The van der Waals surface area contributed by atoms with Gasteiger partial charge in [-0.3, -0.25) is 14.6 Å². The van der Waals surface area contributed by atoms with Crippen LogP contribution in [0.5, 0.6) is 5.75 Å². The van der Waals surface area contributed by atoms with E-state index in [-0.39, 0.29) is 16.9 Å². The number of rotatable bonds is 6. The lowest BCUT2D eigenvalue weighted by Gasteiger charge is -2.34. The summed E-state index contributed by atoms with van der Waals surface area (Å²) in [7, 11) is 1.06. The molecule has 4 rings (SSSR count). The SMILES string of the molecule is COc1c([C@@H]2[C@@H](C(=O)Nc3ccnc(C(N)=O)c3)O[C@@](C)(C(F)(F)F)[C@@H]2C2CC2)ccc(F)c1F. The Morgan fingerprint density at radius 2 is 1.91 bits per heavy atom. The number of hydrogen-bond acceptors (Lipinski definition) is 5. The third kappa shape index (κ3) is 4.30. The Labute approximate surface area is 196 Å². The summed E-state index contributed by atoms with van der Waals surface area (Å²) in [6.45, 7) is 0.861. The Balaban J connectivity index is 1.81. The number of ether oxygens (including phenoxy) is 2. The van der Waals surface area contributed by atoms with Crippen LogP contribution in [-0.2, 0) is 9.53 Å². The largest absolute Gasteiger partial charge is 0.493 e. The van der Waals surface area contributed by atoms with Gasteiger partial charge in [0.05, 0.1) is 7.11 Å². The maximum atomic E-state index is 14.6. The van der Waals surface area contributed by atoms with E-state index < -0.39 is 64.8 Å². The number of methoxy groups -OCH3 is 1. The smallest absolute Gasteiger partial charge is 0.417 e. The Morgan fingerprint density at radius 3 is 2.49 bits per heavy atom. The van der Waals surface area contributed by atoms with Gasteiger partial charge in [-0.1, -0.05) is 6.07 Å². The molecule has 188 valence electrons. The molecule has 1 aliphatic heterocycles. The minimum atomic E-state index is -4.87. The molecule has 0 spiro atoms. The van der Waals surface area contributed by atoms with E-state index in [0.29, 0.717) is 12.8 Å². The summed E-state index contributed by atoms with van der Waals surface area (Å²) >= 11 is 0. The molecule has 1 aliphatic carbocycles. The highest BCUT2D eigenvalue weighted by Crippen LogP contribution is 2.62. The number of aromatic nitrogens is 1. The first kappa shape index (κ1) is 24.8. The molecule has 2 amide bonds. The Morgan fingerprint density at radius 1 is 1.23 bits per heavy atom. The van der Waals surface area contributed by atoms with Gasteiger partial charge in [-0.2, -0.15) is 17.6 Å². The zero-order valence-corrected chi connectivity index (χ0v) is 18.7. The van der Waals surface area contributed by atoms with Crippen LogP contribution in [0.25, 0.3) is 0 Å². The fourth-order valence-corrected chi connectivity index (χ4v) is 4.85. The fourth-order valence-electron chi connectivity index (χ4n) is 4.85. The zero-order valence-electron chi connectivity index (χ0n) is 18.7. The van der Waals surface area contributed by atoms with Gasteiger partial charge in [0.2, 0.25) is 5.82 Å². The number of alkyl halides is 3. The second-order valence-corrected chi connectivity index (χ2v) is 8.80. The van der Waals surface area contributed by atoms with E-state index in [4.69, 9.17) is 15.2 Å². The molecule has 1 aromatic carbocycles. The normalized spacial score (nSPS) is 26.4. The lowest BCUT2D eigenvalue weighted by molar-refractivity contribution is -0.275. The van der Waals surface area contributed by atoms with Gasteiger partial charge < -0.3 is 20.5 Å². The molecule has 1 saturated heterocycles. The van der Waals surface area contributed by atoms with Crippen molar-refractivity contribution >= 4 is 17.5 Å². The van der Waals surface area contributed by atoms with E-state index in [1.54, 1.807) is 0 Å². The fraction of sp³-hybridized carbons (Fsp3) is 0.435. The van der Waals surface area contributed by atoms with Gasteiger partial charge in [-0.05, 0) is 43.9 Å². The van der Waals surface area contributed by atoms with Crippen molar-refractivity contribution in [3.05, 3.63) is 53.4 Å². The molecular weight excluding hydrogens is 477 g/mol. The quantitative estimate of drug-likeness (QED) is 0.587. The molecule has 2 aromatic rings. The Hall–Kier alpha value is -3.28. The first-order valence-corrected chi connectivity index (χ1v) is 10.7. The average Bonchev–Trinajstić information content (AvgIpc) is 3.57. The number of nitrogens with one attached hydrogen (secondary N) is 1. The maximum Gasteiger partial charge on any atom is 0.417 e. The van der Waals surface area contributed by atoms with Crippen LogP contribution in [0, 0.1) is 23.5 Å². The molecule has 4 atom stereocenters. The lowest BCUT2D eigenvalue weighted by atomic mass is 9.73. The average molecular weight is 499 g/mol. The van der Waals surface area contributed by atoms with Crippen LogP contribution >= 0.6 is 0 Å². The molecule has 7 nitrogen and oxygen atoms in total. The number of benzene rings is 1. The summed E-state index contributed by atoms with van der Waals surface area (Å²) in [6.07, 6.45) is -4.49. The van der Waals surface area contributed by atoms with Crippen molar-refractivity contribution in [2.24, 2.45) is 17.6 Å². The monoisotopic (exact) mass is 499 g/mol. The Kier molecular flexibility index (Phi) is 6.20. The topological polar surface area (TPSA) is 104 Å². The molecular formula is C23H22F5N3O4. The molecule has 35 heavy (non-hydrogen) atoms. The molecule has 1 saturated carbocycles. The first-order valence-electron chi connectivity index (χ1n) is 10.7. The molecule has 0 unspecified atom stereocenters. The number of nitrogens with two attached hydrogens (primary N) is 1. The van der Waals surface area contributed by atoms with Crippen LogP contribution in [-0.4, -0.2) is 41.8 Å².